The summed E-state index contributed by atoms with van der Waals surface area (Å²) < 4.78 is 0. The topological polar surface area (TPSA) is 95.4 Å². The number of pyridine rings is 2. The monoisotopic (exact) mass is 314 g/mol. The van der Waals surface area contributed by atoms with E-state index in [9.17, 15) is 9.59 Å². The quantitative estimate of drug-likeness (QED) is 0.744. The Hall–Kier alpha value is -2.80. The predicted octanol–water partition coefficient (Wildman–Crippen LogP) is 0.680. The van der Waals surface area contributed by atoms with Gasteiger partial charge >= 0.3 is 5.97 Å². The average Bonchev–Trinajstić information content (AvgIpc) is 2.55. The Morgan fingerprint density at radius 1 is 1.00 bits per heavy atom. The van der Waals surface area contributed by atoms with Crippen LogP contribution >= 0.6 is 0 Å². The van der Waals surface area contributed by atoms with Gasteiger partial charge in [0.05, 0.1) is 17.9 Å². The Kier molecular flexibility index (Phi) is 6.19. The third kappa shape index (κ3) is 6.23. The number of carboxylic acid groups (broad SMARTS) is 1. The van der Waals surface area contributed by atoms with Gasteiger partial charge in [0.1, 0.15) is 6.54 Å². The number of nitrogens with zero attached hydrogens (tertiary/aromatic N) is 3. The van der Waals surface area contributed by atoms with Crippen LogP contribution in [0, 0.1) is 0 Å². The second-order valence-corrected chi connectivity index (χ2v) is 4.96. The van der Waals surface area contributed by atoms with Crippen molar-refractivity contribution in [1.82, 2.24) is 20.2 Å². The fourth-order valence-corrected chi connectivity index (χ4v) is 2.04. The summed E-state index contributed by atoms with van der Waals surface area (Å²) in [5.41, 5.74) is 1.66. The minimum atomic E-state index is -1.07. The number of amides is 1. The van der Waals surface area contributed by atoms with Crippen molar-refractivity contribution < 1.29 is 14.7 Å². The highest BCUT2D eigenvalue weighted by atomic mass is 16.4. The zero-order chi connectivity index (χ0) is 16.5. The SMILES string of the molecule is O=C(O)CNC(=O)CN(Cc1ccccn1)Cc1ccccn1. The van der Waals surface area contributed by atoms with E-state index in [2.05, 4.69) is 15.3 Å². The molecule has 2 aromatic rings. The summed E-state index contributed by atoms with van der Waals surface area (Å²) in [6, 6.07) is 11.2. The van der Waals surface area contributed by atoms with Crippen molar-refractivity contribution in [3.8, 4) is 0 Å². The lowest BCUT2D eigenvalue weighted by atomic mass is 10.3. The molecule has 120 valence electrons. The first-order valence-corrected chi connectivity index (χ1v) is 7.14. The van der Waals surface area contributed by atoms with Crippen LogP contribution in [-0.2, 0) is 22.7 Å². The van der Waals surface area contributed by atoms with Crippen molar-refractivity contribution in [2.75, 3.05) is 13.1 Å². The number of carbonyl (C=O) groups is 2. The largest absolute Gasteiger partial charge is 0.480 e. The van der Waals surface area contributed by atoms with Crippen molar-refractivity contribution in [3.05, 3.63) is 60.2 Å². The van der Waals surface area contributed by atoms with Gasteiger partial charge in [-0.2, -0.15) is 0 Å². The molecule has 0 spiro atoms. The first-order valence-electron chi connectivity index (χ1n) is 7.14. The first kappa shape index (κ1) is 16.6. The molecular weight excluding hydrogens is 296 g/mol. The van der Waals surface area contributed by atoms with E-state index < -0.39 is 5.97 Å². The van der Waals surface area contributed by atoms with Crippen LogP contribution in [0.2, 0.25) is 0 Å². The lowest BCUT2D eigenvalue weighted by Gasteiger charge is -2.20. The van der Waals surface area contributed by atoms with Gasteiger partial charge in [-0.25, -0.2) is 0 Å². The highest BCUT2D eigenvalue weighted by molar-refractivity contribution is 5.82. The molecule has 0 fully saturated rings. The molecule has 0 radical (unpaired) electrons. The molecule has 0 bridgehead atoms. The molecule has 2 aromatic heterocycles. The molecular formula is C16H18N4O3. The standard InChI is InChI=1S/C16H18N4O3/c21-15(19-9-16(22)23)12-20(10-13-5-1-3-7-17-13)11-14-6-2-4-8-18-14/h1-8H,9-12H2,(H,19,21)(H,22,23). The maximum absolute atomic E-state index is 11.9. The van der Waals surface area contributed by atoms with Gasteiger partial charge in [-0.05, 0) is 24.3 Å². The first-order chi connectivity index (χ1) is 11.1. The van der Waals surface area contributed by atoms with Crippen LogP contribution in [0.4, 0.5) is 0 Å². The molecule has 2 rings (SSSR count). The number of carboxylic acids is 1. The van der Waals surface area contributed by atoms with Crippen LogP contribution in [0.25, 0.3) is 0 Å². The van der Waals surface area contributed by atoms with Gasteiger partial charge in [0.15, 0.2) is 0 Å². The molecule has 0 saturated heterocycles. The van der Waals surface area contributed by atoms with Gasteiger partial charge in [-0.3, -0.25) is 24.5 Å². The number of aliphatic carboxylic acids is 1. The van der Waals surface area contributed by atoms with E-state index in [0.717, 1.165) is 11.4 Å². The number of aromatic nitrogens is 2. The molecule has 0 atom stereocenters. The van der Waals surface area contributed by atoms with Crippen LogP contribution in [0.5, 0.6) is 0 Å². The van der Waals surface area contributed by atoms with Crippen LogP contribution in [0.15, 0.2) is 48.8 Å². The van der Waals surface area contributed by atoms with Crippen LogP contribution in [0.1, 0.15) is 11.4 Å². The molecule has 0 unspecified atom stereocenters. The normalized spacial score (nSPS) is 10.5. The molecule has 0 aliphatic heterocycles. The second kappa shape index (κ2) is 8.60. The van der Waals surface area contributed by atoms with Crippen molar-refractivity contribution in [2.24, 2.45) is 0 Å². The minimum absolute atomic E-state index is 0.0699. The Balaban J connectivity index is 2.01. The maximum Gasteiger partial charge on any atom is 0.322 e. The number of carbonyl (C=O) groups excluding carboxylic acids is 1. The molecule has 7 nitrogen and oxygen atoms in total. The summed E-state index contributed by atoms with van der Waals surface area (Å²) in [7, 11) is 0. The molecule has 2 heterocycles. The summed E-state index contributed by atoms with van der Waals surface area (Å²) in [6.45, 7) is 0.621. The fraction of sp³-hybridized carbons (Fsp3) is 0.250. The third-order valence-corrected chi connectivity index (χ3v) is 3.03. The Morgan fingerprint density at radius 2 is 1.57 bits per heavy atom. The minimum Gasteiger partial charge on any atom is -0.480 e. The Bertz CT molecular complexity index is 593. The number of nitrogens with one attached hydrogen (secondary N) is 1. The third-order valence-electron chi connectivity index (χ3n) is 3.03. The summed E-state index contributed by atoms with van der Waals surface area (Å²) in [5, 5.41) is 11.0. The highest BCUT2D eigenvalue weighted by Gasteiger charge is 2.13. The zero-order valence-corrected chi connectivity index (χ0v) is 12.6. The van der Waals surface area contributed by atoms with Gasteiger partial charge in [0.25, 0.3) is 0 Å². The summed E-state index contributed by atoms with van der Waals surface area (Å²) >= 11 is 0. The molecule has 0 aliphatic carbocycles. The van der Waals surface area contributed by atoms with Crippen LogP contribution < -0.4 is 5.32 Å². The molecule has 23 heavy (non-hydrogen) atoms. The number of rotatable bonds is 8. The van der Waals surface area contributed by atoms with Crippen molar-refractivity contribution in [1.29, 1.82) is 0 Å². The van der Waals surface area contributed by atoms with Crippen molar-refractivity contribution >= 4 is 11.9 Å². The molecule has 2 N–H and O–H groups in total. The molecule has 0 aliphatic rings. The van der Waals surface area contributed by atoms with E-state index in [-0.39, 0.29) is 19.0 Å². The average molecular weight is 314 g/mol. The summed E-state index contributed by atoms with van der Waals surface area (Å²) in [6.07, 6.45) is 3.39. The molecule has 0 saturated carbocycles. The lowest BCUT2D eigenvalue weighted by Crippen LogP contribution is -2.39. The predicted molar refractivity (Wildman–Crippen MR) is 83.2 cm³/mol. The number of hydrogen-bond donors (Lipinski definition) is 2. The molecule has 7 heteroatoms. The lowest BCUT2D eigenvalue weighted by molar-refractivity contribution is -0.138. The van der Waals surface area contributed by atoms with E-state index in [4.69, 9.17) is 5.11 Å². The summed E-state index contributed by atoms with van der Waals surface area (Å²) in [4.78, 5) is 32.8. The van der Waals surface area contributed by atoms with E-state index in [0.29, 0.717) is 13.1 Å². The van der Waals surface area contributed by atoms with Gasteiger partial charge in [0.2, 0.25) is 5.91 Å². The van der Waals surface area contributed by atoms with Crippen LogP contribution in [0.3, 0.4) is 0 Å². The Morgan fingerprint density at radius 3 is 2.00 bits per heavy atom. The molecule has 1 amide bonds. The number of hydrogen-bond acceptors (Lipinski definition) is 5. The van der Waals surface area contributed by atoms with Crippen molar-refractivity contribution in [2.45, 2.75) is 13.1 Å². The van der Waals surface area contributed by atoms with Gasteiger partial charge < -0.3 is 10.4 Å². The summed E-state index contributed by atoms with van der Waals surface area (Å²) in [5.74, 6) is -1.42. The van der Waals surface area contributed by atoms with Crippen molar-refractivity contribution in [3.63, 3.8) is 0 Å². The van der Waals surface area contributed by atoms with E-state index >= 15 is 0 Å². The zero-order valence-electron chi connectivity index (χ0n) is 12.6. The van der Waals surface area contributed by atoms with E-state index in [1.807, 2.05) is 41.3 Å². The van der Waals surface area contributed by atoms with Gasteiger partial charge in [-0.15, -0.1) is 0 Å². The highest BCUT2D eigenvalue weighted by Crippen LogP contribution is 2.06. The van der Waals surface area contributed by atoms with Gasteiger partial charge in [-0.1, -0.05) is 12.1 Å². The maximum atomic E-state index is 11.9. The van der Waals surface area contributed by atoms with Gasteiger partial charge in [0, 0.05) is 25.5 Å². The molecule has 0 aromatic carbocycles. The van der Waals surface area contributed by atoms with E-state index in [1.54, 1.807) is 12.4 Å². The van der Waals surface area contributed by atoms with Crippen LogP contribution in [-0.4, -0.2) is 44.9 Å². The fourth-order valence-electron chi connectivity index (χ4n) is 2.04. The Labute approximate surface area is 134 Å². The smallest absolute Gasteiger partial charge is 0.322 e. The second-order valence-electron chi connectivity index (χ2n) is 4.96. The van der Waals surface area contributed by atoms with E-state index in [1.165, 1.54) is 0 Å².